The van der Waals surface area contributed by atoms with Gasteiger partial charge in [0.2, 0.25) is 0 Å². The van der Waals surface area contributed by atoms with Crippen molar-refractivity contribution in [1.29, 1.82) is 0 Å². The van der Waals surface area contributed by atoms with Crippen LogP contribution in [0.2, 0.25) is 5.02 Å². The van der Waals surface area contributed by atoms with Crippen LogP contribution in [-0.4, -0.2) is 23.9 Å². The van der Waals surface area contributed by atoms with Crippen molar-refractivity contribution >= 4 is 17.5 Å². The van der Waals surface area contributed by atoms with E-state index in [0.717, 1.165) is 37.4 Å². The molecule has 0 unspecified atom stereocenters. The maximum absolute atomic E-state index is 12.2. The number of benzene rings is 1. The Hall–Kier alpha value is -1.02. The molecule has 0 aliphatic carbocycles. The average Bonchev–Trinajstić information content (AvgIpc) is 2.39. The number of piperidine rings is 1. The van der Waals surface area contributed by atoms with E-state index >= 15 is 0 Å². The van der Waals surface area contributed by atoms with Gasteiger partial charge in [-0.25, -0.2) is 0 Å². The van der Waals surface area contributed by atoms with Crippen LogP contribution in [-0.2, 0) is 0 Å². The Morgan fingerprint density at radius 3 is 2.41 bits per heavy atom. The lowest BCUT2D eigenvalue weighted by atomic mass is 9.94. The van der Waals surface area contributed by atoms with Crippen LogP contribution in [0.25, 0.3) is 0 Å². The van der Waals surface area contributed by atoms with Crippen molar-refractivity contribution in [3.05, 3.63) is 34.9 Å². The van der Waals surface area contributed by atoms with Gasteiger partial charge in [0.15, 0.2) is 0 Å². The van der Waals surface area contributed by atoms with Gasteiger partial charge in [0.1, 0.15) is 0 Å². The highest BCUT2D eigenvalue weighted by molar-refractivity contribution is 6.30. The number of carbonyl (C=O) groups excluding carboxylic acids is 1. The number of carbonyl (C=O) groups is 1. The zero-order chi connectivity index (χ0) is 12.3. The number of hydrogen-bond donors (Lipinski definition) is 0. The summed E-state index contributed by atoms with van der Waals surface area (Å²) >= 11 is 5.82. The van der Waals surface area contributed by atoms with E-state index < -0.39 is 0 Å². The second-order valence-electron chi connectivity index (χ2n) is 4.65. The SMILES string of the molecule is CCC1CCN(C(=O)c2ccc(Cl)cc2)CC1. The molecule has 1 heterocycles. The van der Waals surface area contributed by atoms with Crippen LogP contribution < -0.4 is 0 Å². The summed E-state index contributed by atoms with van der Waals surface area (Å²) in [7, 11) is 0. The summed E-state index contributed by atoms with van der Waals surface area (Å²) in [5, 5.41) is 0.672. The molecule has 92 valence electrons. The van der Waals surface area contributed by atoms with E-state index in [2.05, 4.69) is 6.92 Å². The molecule has 0 radical (unpaired) electrons. The van der Waals surface area contributed by atoms with Crippen molar-refractivity contribution in [1.82, 2.24) is 4.90 Å². The van der Waals surface area contributed by atoms with E-state index in [0.29, 0.717) is 5.02 Å². The molecular formula is C14H18ClNO. The summed E-state index contributed by atoms with van der Waals surface area (Å²) < 4.78 is 0. The van der Waals surface area contributed by atoms with Crippen LogP contribution in [0.5, 0.6) is 0 Å². The topological polar surface area (TPSA) is 20.3 Å². The minimum Gasteiger partial charge on any atom is -0.339 e. The van der Waals surface area contributed by atoms with Crippen molar-refractivity contribution in [2.45, 2.75) is 26.2 Å². The van der Waals surface area contributed by atoms with E-state index in [1.165, 1.54) is 6.42 Å². The second-order valence-corrected chi connectivity index (χ2v) is 5.09. The minimum absolute atomic E-state index is 0.135. The van der Waals surface area contributed by atoms with Gasteiger partial charge >= 0.3 is 0 Å². The number of likely N-dealkylation sites (tertiary alicyclic amines) is 1. The molecule has 1 fully saturated rings. The van der Waals surface area contributed by atoms with Crippen LogP contribution in [0.3, 0.4) is 0 Å². The van der Waals surface area contributed by atoms with Crippen molar-refractivity contribution < 1.29 is 4.79 Å². The average molecular weight is 252 g/mol. The Balaban J connectivity index is 1.99. The first-order chi connectivity index (χ1) is 8.20. The maximum Gasteiger partial charge on any atom is 0.253 e. The van der Waals surface area contributed by atoms with E-state index in [9.17, 15) is 4.79 Å². The van der Waals surface area contributed by atoms with Gasteiger partial charge in [0.05, 0.1) is 0 Å². The fourth-order valence-electron chi connectivity index (χ4n) is 2.32. The molecule has 1 saturated heterocycles. The van der Waals surface area contributed by atoms with Crippen LogP contribution in [0.4, 0.5) is 0 Å². The highest BCUT2D eigenvalue weighted by atomic mass is 35.5. The highest BCUT2D eigenvalue weighted by Crippen LogP contribution is 2.21. The monoisotopic (exact) mass is 251 g/mol. The Morgan fingerprint density at radius 1 is 1.29 bits per heavy atom. The number of nitrogens with zero attached hydrogens (tertiary/aromatic N) is 1. The van der Waals surface area contributed by atoms with Crippen LogP contribution >= 0.6 is 11.6 Å². The largest absolute Gasteiger partial charge is 0.339 e. The molecule has 0 aromatic heterocycles. The van der Waals surface area contributed by atoms with Crippen LogP contribution in [0.15, 0.2) is 24.3 Å². The first-order valence-corrected chi connectivity index (χ1v) is 6.63. The maximum atomic E-state index is 12.2. The number of hydrogen-bond acceptors (Lipinski definition) is 1. The zero-order valence-electron chi connectivity index (χ0n) is 10.2. The van der Waals surface area contributed by atoms with E-state index in [4.69, 9.17) is 11.6 Å². The molecule has 1 amide bonds. The number of halogens is 1. The first kappa shape index (κ1) is 12.4. The lowest BCUT2D eigenvalue weighted by Gasteiger charge is -2.31. The van der Waals surface area contributed by atoms with Gasteiger partial charge in [-0.2, -0.15) is 0 Å². The molecule has 1 aliphatic heterocycles. The summed E-state index contributed by atoms with van der Waals surface area (Å²) in [4.78, 5) is 14.1. The normalized spacial score (nSPS) is 17.2. The zero-order valence-corrected chi connectivity index (χ0v) is 10.9. The summed E-state index contributed by atoms with van der Waals surface area (Å²) in [6, 6.07) is 7.15. The molecule has 2 nitrogen and oxygen atoms in total. The van der Waals surface area contributed by atoms with Gasteiger partial charge in [0.25, 0.3) is 5.91 Å². The third kappa shape index (κ3) is 3.01. The molecule has 1 aliphatic rings. The minimum atomic E-state index is 0.135. The van der Waals surface area contributed by atoms with Crippen molar-refractivity contribution in [2.24, 2.45) is 5.92 Å². The predicted molar refractivity (Wildman–Crippen MR) is 70.4 cm³/mol. The summed E-state index contributed by atoms with van der Waals surface area (Å²) in [5.41, 5.74) is 0.740. The fraction of sp³-hybridized carbons (Fsp3) is 0.500. The molecule has 0 saturated carbocycles. The van der Waals surface area contributed by atoms with E-state index in [-0.39, 0.29) is 5.91 Å². The molecule has 0 N–H and O–H groups in total. The smallest absolute Gasteiger partial charge is 0.253 e. The Morgan fingerprint density at radius 2 is 1.88 bits per heavy atom. The summed E-state index contributed by atoms with van der Waals surface area (Å²) in [6.45, 7) is 4.00. The molecule has 1 aromatic carbocycles. The van der Waals surface area contributed by atoms with Crippen molar-refractivity contribution in [3.63, 3.8) is 0 Å². The number of rotatable bonds is 2. The Bertz CT molecular complexity index is 380. The van der Waals surface area contributed by atoms with Crippen molar-refractivity contribution in [3.8, 4) is 0 Å². The van der Waals surface area contributed by atoms with Gasteiger partial charge in [-0.05, 0) is 43.0 Å². The van der Waals surface area contributed by atoms with Gasteiger partial charge in [-0.15, -0.1) is 0 Å². The first-order valence-electron chi connectivity index (χ1n) is 6.25. The number of amides is 1. The van der Waals surface area contributed by atoms with Gasteiger partial charge in [-0.3, -0.25) is 4.79 Å². The summed E-state index contributed by atoms with van der Waals surface area (Å²) in [5.74, 6) is 0.931. The van der Waals surface area contributed by atoms with Gasteiger partial charge in [-0.1, -0.05) is 24.9 Å². The van der Waals surface area contributed by atoms with Crippen LogP contribution in [0.1, 0.15) is 36.5 Å². The molecule has 0 bridgehead atoms. The quantitative estimate of drug-likeness (QED) is 0.787. The Labute approximate surface area is 108 Å². The van der Waals surface area contributed by atoms with Crippen LogP contribution in [0, 0.1) is 5.92 Å². The molecule has 1 aromatic rings. The lowest BCUT2D eigenvalue weighted by molar-refractivity contribution is 0.0689. The fourth-order valence-corrected chi connectivity index (χ4v) is 2.45. The molecule has 2 rings (SSSR count). The highest BCUT2D eigenvalue weighted by Gasteiger charge is 2.22. The Kier molecular flexibility index (Phi) is 4.06. The summed E-state index contributed by atoms with van der Waals surface area (Å²) in [6.07, 6.45) is 3.49. The molecular weight excluding hydrogens is 234 g/mol. The molecule has 3 heteroatoms. The molecule has 0 atom stereocenters. The van der Waals surface area contributed by atoms with Gasteiger partial charge < -0.3 is 4.90 Å². The molecule has 0 spiro atoms. The second kappa shape index (κ2) is 5.54. The third-order valence-corrected chi connectivity index (χ3v) is 3.82. The van der Waals surface area contributed by atoms with Crippen molar-refractivity contribution in [2.75, 3.05) is 13.1 Å². The molecule has 17 heavy (non-hydrogen) atoms. The standard InChI is InChI=1S/C14H18ClNO/c1-2-11-7-9-16(10-8-11)14(17)12-3-5-13(15)6-4-12/h3-6,11H,2,7-10H2,1H3. The van der Waals surface area contributed by atoms with Gasteiger partial charge in [0, 0.05) is 23.7 Å². The van der Waals surface area contributed by atoms with E-state index in [1.807, 2.05) is 4.90 Å². The van der Waals surface area contributed by atoms with E-state index in [1.54, 1.807) is 24.3 Å². The lowest BCUT2D eigenvalue weighted by Crippen LogP contribution is -2.38. The predicted octanol–water partition coefficient (Wildman–Crippen LogP) is 3.60. The third-order valence-electron chi connectivity index (χ3n) is 3.57.